The van der Waals surface area contributed by atoms with Gasteiger partial charge in [0.2, 0.25) is 0 Å². The number of nitrogens with zero attached hydrogens (tertiary/aromatic N) is 4. The van der Waals surface area contributed by atoms with E-state index in [2.05, 4.69) is 10.2 Å². The van der Waals surface area contributed by atoms with Crippen molar-refractivity contribution in [3.63, 3.8) is 0 Å². The Labute approximate surface area is 201 Å². The lowest BCUT2D eigenvalue weighted by Crippen LogP contribution is -2.33. The minimum atomic E-state index is -0.717. The van der Waals surface area contributed by atoms with Crippen LogP contribution in [0.15, 0.2) is 41.2 Å². The first-order chi connectivity index (χ1) is 16.9. The summed E-state index contributed by atoms with van der Waals surface area (Å²) in [5, 5.41) is 12.6. The average Bonchev–Trinajstić information content (AvgIpc) is 3.50. The highest BCUT2D eigenvalue weighted by Gasteiger charge is 2.41. The number of aromatic nitrogens is 2. The van der Waals surface area contributed by atoms with Gasteiger partial charge in [0.05, 0.1) is 23.9 Å². The molecule has 0 aliphatic carbocycles. The predicted molar refractivity (Wildman–Crippen MR) is 128 cm³/mol. The quantitative estimate of drug-likeness (QED) is 0.619. The second-order valence-corrected chi connectivity index (χ2v) is 9.25. The second-order valence-electron chi connectivity index (χ2n) is 9.25. The molecule has 5 rings (SSSR count). The molecule has 2 saturated heterocycles. The molecule has 1 aromatic heterocycles. The third kappa shape index (κ3) is 3.94. The number of methoxy groups -OCH3 is 1. The summed E-state index contributed by atoms with van der Waals surface area (Å²) in [6.45, 7) is 5.15. The highest BCUT2D eigenvalue weighted by atomic mass is 19.1. The predicted octanol–water partition coefficient (Wildman–Crippen LogP) is 3.56. The van der Waals surface area contributed by atoms with Gasteiger partial charge in [0.15, 0.2) is 11.6 Å². The second kappa shape index (κ2) is 8.78. The first-order valence-corrected chi connectivity index (χ1v) is 11.5. The van der Waals surface area contributed by atoms with Gasteiger partial charge >= 0.3 is 0 Å². The molecule has 3 heterocycles. The van der Waals surface area contributed by atoms with Crippen molar-refractivity contribution in [3.8, 4) is 28.9 Å². The van der Waals surface area contributed by atoms with Gasteiger partial charge in [-0.15, -0.1) is 0 Å². The summed E-state index contributed by atoms with van der Waals surface area (Å²) < 4.78 is 35.5. The lowest BCUT2D eigenvalue weighted by molar-refractivity contribution is 0.369. The number of rotatable bonds is 4. The van der Waals surface area contributed by atoms with Crippen LogP contribution < -0.4 is 20.5 Å². The molecule has 0 amide bonds. The van der Waals surface area contributed by atoms with Crippen LogP contribution in [-0.2, 0) is 0 Å². The lowest BCUT2D eigenvalue weighted by atomic mass is 9.87. The fourth-order valence-corrected chi connectivity index (χ4v) is 5.13. The van der Waals surface area contributed by atoms with Crippen molar-refractivity contribution in [2.75, 3.05) is 38.2 Å². The van der Waals surface area contributed by atoms with Crippen molar-refractivity contribution >= 4 is 5.82 Å². The zero-order chi connectivity index (χ0) is 24.7. The maximum absolute atomic E-state index is 14.6. The average molecular weight is 478 g/mol. The Hall–Kier alpha value is -3.77. The molecule has 1 N–H and O–H groups in total. The van der Waals surface area contributed by atoms with E-state index in [1.807, 2.05) is 0 Å². The van der Waals surface area contributed by atoms with Crippen molar-refractivity contribution in [1.82, 2.24) is 14.9 Å². The van der Waals surface area contributed by atoms with Gasteiger partial charge < -0.3 is 15.0 Å². The number of hydrogen-bond acceptors (Lipinski definition) is 6. The first kappa shape index (κ1) is 23.0. The fraction of sp³-hybridized carbons (Fsp3) is 0.346. The smallest absolute Gasteiger partial charge is 0.263 e. The third-order valence-corrected chi connectivity index (χ3v) is 7.09. The molecule has 0 bridgehead atoms. The summed E-state index contributed by atoms with van der Waals surface area (Å²) in [6, 6.07) is 10.1. The van der Waals surface area contributed by atoms with Crippen molar-refractivity contribution in [1.29, 1.82) is 5.26 Å². The maximum Gasteiger partial charge on any atom is 0.263 e. The standard InChI is InChI=1S/C26H25F2N5O2/c1-16-23(32-10-8-26(15-32)7-9-30-14-26)31-24(17-3-4-18(13-29)20(27)11-17)33(25(16)34)19-5-6-22(35-2)21(28)12-19/h3-6,11-12,30H,7-10,14-15H2,1-2H3. The molecule has 0 radical (unpaired) electrons. The number of nitrogens with one attached hydrogen (secondary N) is 1. The number of ether oxygens (including phenoxy) is 1. The van der Waals surface area contributed by atoms with Crippen LogP contribution in [0.1, 0.15) is 24.0 Å². The van der Waals surface area contributed by atoms with Gasteiger partial charge in [0.25, 0.3) is 5.56 Å². The summed E-state index contributed by atoms with van der Waals surface area (Å²) in [4.78, 5) is 20.7. The molecular weight excluding hydrogens is 452 g/mol. The molecule has 2 aromatic carbocycles. The van der Waals surface area contributed by atoms with E-state index >= 15 is 0 Å². The van der Waals surface area contributed by atoms with Gasteiger partial charge in [-0.05, 0) is 56.6 Å². The molecule has 180 valence electrons. The Morgan fingerprint density at radius 3 is 2.66 bits per heavy atom. The largest absolute Gasteiger partial charge is 0.494 e. The summed E-state index contributed by atoms with van der Waals surface area (Å²) in [6.07, 6.45) is 2.06. The van der Waals surface area contributed by atoms with E-state index in [4.69, 9.17) is 15.0 Å². The molecule has 1 spiro atoms. The Morgan fingerprint density at radius 1 is 1.17 bits per heavy atom. The van der Waals surface area contributed by atoms with Crippen molar-refractivity contribution in [2.45, 2.75) is 19.8 Å². The van der Waals surface area contributed by atoms with Crippen LogP contribution in [0.5, 0.6) is 5.75 Å². The fourth-order valence-electron chi connectivity index (χ4n) is 5.13. The highest BCUT2D eigenvalue weighted by Crippen LogP contribution is 2.39. The van der Waals surface area contributed by atoms with Crippen molar-refractivity contribution in [2.24, 2.45) is 5.41 Å². The molecule has 7 nitrogen and oxygen atoms in total. The van der Waals surface area contributed by atoms with Gasteiger partial charge in [-0.2, -0.15) is 5.26 Å². The molecule has 1 atom stereocenters. The zero-order valence-corrected chi connectivity index (χ0v) is 19.6. The molecule has 1 unspecified atom stereocenters. The minimum Gasteiger partial charge on any atom is -0.494 e. The van der Waals surface area contributed by atoms with Crippen LogP contribution in [0.3, 0.4) is 0 Å². The maximum atomic E-state index is 14.6. The number of nitriles is 1. The van der Waals surface area contributed by atoms with E-state index in [1.165, 1.54) is 35.9 Å². The number of anilines is 1. The molecule has 3 aromatic rings. The van der Waals surface area contributed by atoms with Gasteiger partial charge in [-0.25, -0.2) is 13.8 Å². The Balaban J connectivity index is 1.70. The van der Waals surface area contributed by atoms with Crippen LogP contribution in [0.25, 0.3) is 17.1 Å². The molecular formula is C26H25F2N5O2. The summed E-state index contributed by atoms with van der Waals surface area (Å²) in [5.41, 5.74) is 0.663. The van der Waals surface area contributed by atoms with Gasteiger partial charge in [-0.3, -0.25) is 9.36 Å². The lowest BCUT2D eigenvalue weighted by Gasteiger charge is -2.25. The van der Waals surface area contributed by atoms with E-state index in [9.17, 15) is 13.6 Å². The van der Waals surface area contributed by atoms with Crippen LogP contribution >= 0.6 is 0 Å². The topological polar surface area (TPSA) is 83.2 Å². The Kier molecular flexibility index (Phi) is 5.77. The number of halogens is 2. The van der Waals surface area contributed by atoms with Gasteiger partial charge in [0.1, 0.15) is 23.5 Å². The third-order valence-electron chi connectivity index (χ3n) is 7.09. The van der Waals surface area contributed by atoms with E-state index < -0.39 is 11.6 Å². The minimum absolute atomic E-state index is 0.0432. The Morgan fingerprint density at radius 2 is 2.00 bits per heavy atom. The summed E-state index contributed by atoms with van der Waals surface area (Å²) in [5.74, 6) is -0.587. The van der Waals surface area contributed by atoms with Crippen LogP contribution in [0.2, 0.25) is 0 Å². The molecule has 2 aliphatic heterocycles. The van der Waals surface area contributed by atoms with Crippen LogP contribution in [-0.4, -0.2) is 42.8 Å². The monoisotopic (exact) mass is 477 g/mol. The number of benzene rings is 2. The molecule has 2 fully saturated rings. The molecule has 9 heteroatoms. The summed E-state index contributed by atoms with van der Waals surface area (Å²) in [7, 11) is 1.36. The van der Waals surface area contributed by atoms with Gasteiger partial charge in [0, 0.05) is 36.7 Å². The SMILES string of the molecule is COc1ccc(-n2c(-c3ccc(C#N)c(F)c3)nc(N3CCC4(CCNC4)C3)c(C)c2=O)cc1F. The van der Waals surface area contributed by atoms with Crippen molar-refractivity contribution in [3.05, 3.63) is 69.5 Å². The molecule has 2 aliphatic rings. The van der Waals surface area contributed by atoms with Gasteiger partial charge in [-0.1, -0.05) is 0 Å². The van der Waals surface area contributed by atoms with Crippen molar-refractivity contribution < 1.29 is 13.5 Å². The molecule has 0 saturated carbocycles. The highest BCUT2D eigenvalue weighted by molar-refractivity contribution is 5.64. The van der Waals surface area contributed by atoms with E-state index in [1.54, 1.807) is 25.1 Å². The zero-order valence-electron chi connectivity index (χ0n) is 19.6. The number of hydrogen-bond donors (Lipinski definition) is 1. The van der Waals surface area contributed by atoms with E-state index in [-0.39, 0.29) is 33.8 Å². The van der Waals surface area contributed by atoms with E-state index in [0.29, 0.717) is 16.9 Å². The molecule has 35 heavy (non-hydrogen) atoms. The Bertz CT molecular complexity index is 1410. The normalized spacial score (nSPS) is 19.3. The van der Waals surface area contributed by atoms with Crippen LogP contribution in [0, 0.1) is 35.3 Å². The van der Waals surface area contributed by atoms with E-state index in [0.717, 1.165) is 39.0 Å². The summed E-state index contributed by atoms with van der Waals surface area (Å²) >= 11 is 0. The van der Waals surface area contributed by atoms with Crippen LogP contribution in [0.4, 0.5) is 14.6 Å². The first-order valence-electron chi connectivity index (χ1n) is 11.5.